The number of nitrogens with one attached hydrogen (secondary N) is 1. The number of benzene rings is 2. The van der Waals surface area contributed by atoms with Crippen molar-refractivity contribution in [1.82, 2.24) is 4.57 Å². The minimum Gasteiger partial charge on any atom is -0.321 e. The third kappa shape index (κ3) is 4.29. The molecule has 0 saturated heterocycles. The van der Waals surface area contributed by atoms with Gasteiger partial charge in [-0.25, -0.2) is 0 Å². The molecule has 5 heteroatoms. The lowest BCUT2D eigenvalue weighted by molar-refractivity contribution is -0.114. The Morgan fingerprint density at radius 3 is 2.32 bits per heavy atom. The highest BCUT2D eigenvalue weighted by atomic mass is 16.2. The average molecular weight is 414 g/mol. The summed E-state index contributed by atoms with van der Waals surface area (Å²) in [6.45, 7) is 7.39. The first kappa shape index (κ1) is 22.0. The molecule has 0 aliphatic rings. The van der Waals surface area contributed by atoms with Crippen molar-refractivity contribution in [3.63, 3.8) is 0 Å². The minimum absolute atomic E-state index is 0.258. The van der Waals surface area contributed by atoms with Crippen LogP contribution in [-0.2, 0) is 11.2 Å². The first-order valence-corrected chi connectivity index (χ1v) is 10.5. The number of rotatable bonds is 6. The standard InChI is InChI=1S/C26H27N3O2/c1-5-6-14-23-17(2)18(3)25(28-19(4)30)26(31)29(23)24-15-10-9-13-22(24)21-12-8-7-11-20(21)16-27/h7-13,15H,5-6,14H2,1-4H3,(H,28,30). The molecule has 0 saturated carbocycles. The van der Waals surface area contributed by atoms with E-state index in [4.69, 9.17) is 0 Å². The number of pyridine rings is 1. The van der Waals surface area contributed by atoms with Gasteiger partial charge in [0.1, 0.15) is 5.69 Å². The third-order valence-corrected chi connectivity index (χ3v) is 5.61. The molecule has 0 spiro atoms. The van der Waals surface area contributed by atoms with E-state index >= 15 is 0 Å². The van der Waals surface area contributed by atoms with Gasteiger partial charge < -0.3 is 5.32 Å². The number of nitriles is 1. The molecule has 0 radical (unpaired) electrons. The molecule has 0 atom stereocenters. The Bertz CT molecular complexity index is 1230. The molecule has 0 bridgehead atoms. The second kappa shape index (κ2) is 9.44. The number of aromatic nitrogens is 1. The highest BCUT2D eigenvalue weighted by Gasteiger charge is 2.21. The summed E-state index contributed by atoms with van der Waals surface area (Å²) in [5, 5.41) is 12.4. The van der Waals surface area contributed by atoms with Crippen LogP contribution in [-0.4, -0.2) is 10.5 Å². The van der Waals surface area contributed by atoms with Gasteiger partial charge >= 0.3 is 0 Å². The van der Waals surface area contributed by atoms with Crippen molar-refractivity contribution in [2.75, 3.05) is 5.32 Å². The number of hydrogen-bond donors (Lipinski definition) is 1. The monoisotopic (exact) mass is 413 g/mol. The number of carbonyl (C=O) groups excluding carboxylic acids is 1. The molecule has 0 fully saturated rings. The minimum atomic E-state index is -0.282. The molecule has 158 valence electrons. The van der Waals surface area contributed by atoms with E-state index in [1.165, 1.54) is 6.92 Å². The molecular formula is C26H27N3O2. The molecule has 0 aliphatic carbocycles. The van der Waals surface area contributed by atoms with Crippen molar-refractivity contribution in [1.29, 1.82) is 5.26 Å². The molecule has 2 aromatic carbocycles. The Hall–Kier alpha value is -3.65. The predicted molar refractivity (Wildman–Crippen MR) is 125 cm³/mol. The van der Waals surface area contributed by atoms with E-state index in [0.29, 0.717) is 16.9 Å². The van der Waals surface area contributed by atoms with Crippen molar-refractivity contribution >= 4 is 11.6 Å². The topological polar surface area (TPSA) is 74.9 Å². The fourth-order valence-electron chi connectivity index (χ4n) is 3.90. The third-order valence-electron chi connectivity index (χ3n) is 5.61. The van der Waals surface area contributed by atoms with Crippen LogP contribution in [0.25, 0.3) is 16.8 Å². The van der Waals surface area contributed by atoms with Crippen molar-refractivity contribution < 1.29 is 4.79 Å². The Kier molecular flexibility index (Phi) is 6.71. The highest BCUT2D eigenvalue weighted by Crippen LogP contribution is 2.31. The summed E-state index contributed by atoms with van der Waals surface area (Å²) < 4.78 is 1.72. The molecule has 0 aliphatic heterocycles. The lowest BCUT2D eigenvalue weighted by Gasteiger charge is -2.22. The van der Waals surface area contributed by atoms with Crippen LogP contribution in [0.2, 0.25) is 0 Å². The smallest absolute Gasteiger partial charge is 0.279 e. The van der Waals surface area contributed by atoms with Gasteiger partial charge in [-0.1, -0.05) is 49.7 Å². The van der Waals surface area contributed by atoms with Crippen LogP contribution in [0.15, 0.2) is 53.3 Å². The van der Waals surface area contributed by atoms with Crippen molar-refractivity contribution in [3.8, 4) is 22.9 Å². The number of anilines is 1. The summed E-state index contributed by atoms with van der Waals surface area (Å²) in [5.74, 6) is -0.282. The summed E-state index contributed by atoms with van der Waals surface area (Å²) >= 11 is 0. The van der Waals surface area contributed by atoms with Crippen molar-refractivity contribution in [2.45, 2.75) is 47.0 Å². The Morgan fingerprint density at radius 1 is 1.03 bits per heavy atom. The second-order valence-electron chi connectivity index (χ2n) is 7.67. The van der Waals surface area contributed by atoms with Gasteiger partial charge in [0, 0.05) is 23.7 Å². The highest BCUT2D eigenvalue weighted by molar-refractivity contribution is 5.89. The number of hydrogen-bond acceptors (Lipinski definition) is 3. The maximum absolute atomic E-state index is 13.7. The van der Waals surface area contributed by atoms with Gasteiger partial charge in [0.25, 0.3) is 5.56 Å². The maximum Gasteiger partial charge on any atom is 0.279 e. The SMILES string of the molecule is CCCCc1c(C)c(C)c(NC(C)=O)c(=O)n1-c1ccccc1-c1ccccc1C#N. The summed E-state index contributed by atoms with van der Waals surface area (Å²) in [7, 11) is 0. The number of carbonyl (C=O) groups is 1. The van der Waals surface area contributed by atoms with Crippen molar-refractivity contribution in [3.05, 3.63) is 81.3 Å². The van der Waals surface area contributed by atoms with Gasteiger partial charge in [-0.15, -0.1) is 0 Å². The molecule has 3 aromatic rings. The number of amides is 1. The molecule has 1 amide bonds. The first-order valence-electron chi connectivity index (χ1n) is 10.5. The van der Waals surface area contributed by atoms with Crippen LogP contribution in [0.3, 0.4) is 0 Å². The van der Waals surface area contributed by atoms with Crippen LogP contribution >= 0.6 is 0 Å². The zero-order chi connectivity index (χ0) is 22.5. The van der Waals surface area contributed by atoms with E-state index in [0.717, 1.165) is 47.2 Å². The Balaban J connectivity index is 2.40. The fourth-order valence-corrected chi connectivity index (χ4v) is 3.90. The van der Waals surface area contributed by atoms with Gasteiger partial charge in [-0.05, 0) is 49.9 Å². The molecule has 1 aromatic heterocycles. The maximum atomic E-state index is 13.7. The number of unbranched alkanes of at least 4 members (excludes halogenated alkanes) is 1. The molecular weight excluding hydrogens is 386 g/mol. The van der Waals surface area contributed by atoms with E-state index in [-0.39, 0.29) is 11.5 Å². The van der Waals surface area contributed by atoms with Crippen LogP contribution in [0, 0.1) is 25.2 Å². The molecule has 5 nitrogen and oxygen atoms in total. The van der Waals surface area contributed by atoms with Gasteiger partial charge in [0.2, 0.25) is 5.91 Å². The quantitative estimate of drug-likeness (QED) is 0.596. The van der Waals surface area contributed by atoms with E-state index in [1.807, 2.05) is 56.3 Å². The van der Waals surface area contributed by atoms with Gasteiger partial charge in [0.05, 0.1) is 17.3 Å². The van der Waals surface area contributed by atoms with E-state index in [9.17, 15) is 14.9 Å². The predicted octanol–water partition coefficient (Wildman–Crippen LogP) is 5.29. The zero-order valence-corrected chi connectivity index (χ0v) is 18.5. The fraction of sp³-hybridized carbons (Fsp3) is 0.269. The summed E-state index contributed by atoms with van der Waals surface area (Å²) in [6.07, 6.45) is 2.68. The Labute approximate surface area is 183 Å². The molecule has 1 heterocycles. The number of nitrogens with zero attached hydrogens (tertiary/aromatic N) is 2. The van der Waals surface area contributed by atoms with Crippen LogP contribution in [0.1, 0.15) is 49.1 Å². The molecule has 1 N–H and O–H groups in total. The summed E-state index contributed by atoms with van der Waals surface area (Å²) in [5.41, 5.74) is 5.57. The van der Waals surface area contributed by atoms with E-state index < -0.39 is 0 Å². The van der Waals surface area contributed by atoms with Crippen LogP contribution < -0.4 is 10.9 Å². The van der Waals surface area contributed by atoms with Crippen LogP contribution in [0.5, 0.6) is 0 Å². The van der Waals surface area contributed by atoms with E-state index in [1.54, 1.807) is 10.6 Å². The van der Waals surface area contributed by atoms with Gasteiger partial charge in [-0.3, -0.25) is 14.2 Å². The largest absolute Gasteiger partial charge is 0.321 e. The summed E-state index contributed by atoms with van der Waals surface area (Å²) in [6, 6.07) is 17.2. The van der Waals surface area contributed by atoms with Crippen LogP contribution in [0.4, 0.5) is 5.69 Å². The lowest BCUT2D eigenvalue weighted by atomic mass is 9.97. The van der Waals surface area contributed by atoms with Gasteiger partial charge in [0.15, 0.2) is 0 Å². The summed E-state index contributed by atoms with van der Waals surface area (Å²) in [4.78, 5) is 25.5. The zero-order valence-electron chi connectivity index (χ0n) is 18.5. The molecule has 3 rings (SSSR count). The molecule has 0 unspecified atom stereocenters. The molecule has 31 heavy (non-hydrogen) atoms. The number of para-hydroxylation sites is 1. The van der Waals surface area contributed by atoms with Crippen molar-refractivity contribution in [2.24, 2.45) is 0 Å². The van der Waals surface area contributed by atoms with E-state index in [2.05, 4.69) is 18.3 Å². The first-order chi connectivity index (χ1) is 14.9. The lowest BCUT2D eigenvalue weighted by Crippen LogP contribution is -2.29. The van der Waals surface area contributed by atoms with Gasteiger partial charge in [-0.2, -0.15) is 5.26 Å². The normalized spacial score (nSPS) is 10.5. The average Bonchev–Trinajstić information content (AvgIpc) is 2.78. The second-order valence-corrected chi connectivity index (χ2v) is 7.67. The Morgan fingerprint density at radius 2 is 1.68 bits per heavy atom.